The molecule has 2 aromatic carbocycles. The van der Waals surface area contributed by atoms with Gasteiger partial charge in [0.1, 0.15) is 5.82 Å². The number of nitrogens with zero attached hydrogens (tertiary/aromatic N) is 3. The molecule has 9 heteroatoms. The molecule has 0 spiro atoms. The van der Waals surface area contributed by atoms with E-state index in [-0.39, 0.29) is 17.3 Å². The summed E-state index contributed by atoms with van der Waals surface area (Å²) >= 11 is 0. The van der Waals surface area contributed by atoms with Crippen molar-refractivity contribution in [1.82, 2.24) is 15.1 Å². The highest BCUT2D eigenvalue weighted by Gasteiger charge is 2.28. The van der Waals surface area contributed by atoms with E-state index >= 15 is 0 Å². The molecule has 0 bridgehead atoms. The molecule has 4 rings (SSSR count). The number of nitro benzene ring substituents is 1. The lowest BCUT2D eigenvalue weighted by Gasteiger charge is -2.25. The second kappa shape index (κ2) is 8.88. The van der Waals surface area contributed by atoms with E-state index in [9.17, 15) is 19.3 Å². The van der Waals surface area contributed by atoms with E-state index in [1.807, 2.05) is 32.0 Å². The van der Waals surface area contributed by atoms with Gasteiger partial charge in [0.2, 0.25) is 0 Å². The number of piperidine rings is 1. The molecule has 0 atom stereocenters. The van der Waals surface area contributed by atoms with Crippen molar-refractivity contribution in [3.63, 3.8) is 0 Å². The third-order valence-electron chi connectivity index (χ3n) is 5.92. The zero-order chi connectivity index (χ0) is 22.8. The fourth-order valence-electron chi connectivity index (χ4n) is 4.00. The third kappa shape index (κ3) is 4.24. The molecule has 0 saturated carbocycles. The first-order valence-corrected chi connectivity index (χ1v) is 10.5. The van der Waals surface area contributed by atoms with Crippen molar-refractivity contribution in [3.8, 4) is 5.69 Å². The van der Waals surface area contributed by atoms with E-state index in [1.165, 1.54) is 6.20 Å². The maximum absolute atomic E-state index is 14.3. The van der Waals surface area contributed by atoms with Crippen molar-refractivity contribution in [2.75, 3.05) is 18.4 Å². The molecule has 3 aromatic rings. The van der Waals surface area contributed by atoms with Gasteiger partial charge in [-0.15, -0.1) is 0 Å². The summed E-state index contributed by atoms with van der Waals surface area (Å²) < 4.78 is 16.0. The zero-order valence-corrected chi connectivity index (χ0v) is 17.9. The van der Waals surface area contributed by atoms with Gasteiger partial charge in [0.05, 0.1) is 33.8 Å². The number of rotatable bonds is 5. The second-order valence-electron chi connectivity index (χ2n) is 8.02. The average molecular weight is 437 g/mol. The minimum absolute atomic E-state index is 0.0936. The highest BCUT2D eigenvalue weighted by molar-refractivity contribution is 6.05. The van der Waals surface area contributed by atoms with Crippen molar-refractivity contribution in [2.24, 2.45) is 0 Å². The van der Waals surface area contributed by atoms with Gasteiger partial charge in [-0.05, 0) is 69.1 Å². The molecule has 1 aliphatic heterocycles. The van der Waals surface area contributed by atoms with Crippen LogP contribution in [0.2, 0.25) is 0 Å². The number of carbonyl (C=O) groups is 1. The van der Waals surface area contributed by atoms with Crippen LogP contribution in [0, 0.1) is 29.8 Å². The number of nitro groups is 1. The lowest BCUT2D eigenvalue weighted by atomic mass is 9.91. The van der Waals surface area contributed by atoms with Crippen LogP contribution in [0.1, 0.15) is 45.9 Å². The van der Waals surface area contributed by atoms with Gasteiger partial charge in [0.15, 0.2) is 0 Å². The number of anilines is 1. The SMILES string of the molecule is Cc1ccc(-n2ncc(C(=O)Nc3cc([N+](=O)[O-])ccc3F)c2C2CCNCC2)cc1C. The van der Waals surface area contributed by atoms with Crippen LogP contribution in [0.5, 0.6) is 0 Å². The number of aryl methyl sites for hydroxylation is 2. The number of carbonyl (C=O) groups excluding carboxylic acids is 1. The fourth-order valence-corrected chi connectivity index (χ4v) is 4.00. The molecule has 166 valence electrons. The number of benzene rings is 2. The number of aromatic nitrogens is 2. The molecular weight excluding hydrogens is 413 g/mol. The summed E-state index contributed by atoms with van der Waals surface area (Å²) in [4.78, 5) is 23.6. The molecular formula is C23H24FN5O3. The first-order valence-electron chi connectivity index (χ1n) is 10.5. The molecule has 2 N–H and O–H groups in total. The van der Waals surface area contributed by atoms with Gasteiger partial charge in [-0.3, -0.25) is 14.9 Å². The summed E-state index contributed by atoms with van der Waals surface area (Å²) in [5.41, 5.74) is 3.68. The van der Waals surface area contributed by atoms with Crippen molar-refractivity contribution in [2.45, 2.75) is 32.6 Å². The Bertz CT molecular complexity index is 1180. The highest BCUT2D eigenvalue weighted by Crippen LogP contribution is 2.31. The lowest BCUT2D eigenvalue weighted by Crippen LogP contribution is -2.29. The van der Waals surface area contributed by atoms with Crippen LogP contribution in [0.15, 0.2) is 42.6 Å². The number of halogens is 1. The average Bonchev–Trinajstić information content (AvgIpc) is 3.23. The third-order valence-corrected chi connectivity index (χ3v) is 5.92. The minimum atomic E-state index is -0.742. The Hall–Kier alpha value is -3.59. The Morgan fingerprint density at radius 2 is 1.94 bits per heavy atom. The molecule has 0 radical (unpaired) electrons. The van der Waals surface area contributed by atoms with Gasteiger partial charge < -0.3 is 10.6 Å². The quantitative estimate of drug-likeness (QED) is 0.459. The van der Waals surface area contributed by atoms with E-state index in [0.29, 0.717) is 5.56 Å². The van der Waals surface area contributed by atoms with Crippen molar-refractivity contribution >= 4 is 17.3 Å². The van der Waals surface area contributed by atoms with Crippen LogP contribution in [0.3, 0.4) is 0 Å². The highest BCUT2D eigenvalue weighted by atomic mass is 19.1. The maximum atomic E-state index is 14.3. The van der Waals surface area contributed by atoms with Gasteiger partial charge in [0, 0.05) is 18.1 Å². The van der Waals surface area contributed by atoms with E-state index in [4.69, 9.17) is 0 Å². The summed E-state index contributed by atoms with van der Waals surface area (Å²) in [6.07, 6.45) is 3.15. The van der Waals surface area contributed by atoms with Gasteiger partial charge in [0.25, 0.3) is 11.6 Å². The number of non-ortho nitro benzene ring substituents is 1. The van der Waals surface area contributed by atoms with Gasteiger partial charge >= 0.3 is 0 Å². The molecule has 0 unspecified atom stereocenters. The van der Waals surface area contributed by atoms with Crippen LogP contribution >= 0.6 is 0 Å². The van der Waals surface area contributed by atoms with Crippen LogP contribution < -0.4 is 10.6 Å². The van der Waals surface area contributed by atoms with Gasteiger partial charge in [-0.1, -0.05) is 6.07 Å². The summed E-state index contributed by atoms with van der Waals surface area (Å²) in [5.74, 6) is -1.20. The maximum Gasteiger partial charge on any atom is 0.271 e. The zero-order valence-electron chi connectivity index (χ0n) is 17.9. The van der Waals surface area contributed by atoms with Crippen molar-refractivity contribution < 1.29 is 14.1 Å². The molecule has 2 heterocycles. The van der Waals surface area contributed by atoms with E-state index in [2.05, 4.69) is 15.7 Å². The lowest BCUT2D eigenvalue weighted by molar-refractivity contribution is -0.384. The fraction of sp³-hybridized carbons (Fsp3) is 0.304. The second-order valence-corrected chi connectivity index (χ2v) is 8.02. The van der Waals surface area contributed by atoms with E-state index in [0.717, 1.165) is 66.6 Å². The summed E-state index contributed by atoms with van der Waals surface area (Å²) in [6.45, 7) is 5.69. The van der Waals surface area contributed by atoms with Crippen molar-refractivity contribution in [3.05, 3.63) is 80.9 Å². The Labute approximate surface area is 184 Å². The van der Waals surface area contributed by atoms with Gasteiger partial charge in [-0.2, -0.15) is 5.10 Å². The summed E-state index contributed by atoms with van der Waals surface area (Å²) in [5, 5.41) is 21.4. The molecule has 0 aliphatic carbocycles. The topological polar surface area (TPSA) is 102 Å². The van der Waals surface area contributed by atoms with Crippen LogP contribution in [0.4, 0.5) is 15.8 Å². The minimum Gasteiger partial charge on any atom is -0.319 e. The number of hydrogen-bond acceptors (Lipinski definition) is 5. The van der Waals surface area contributed by atoms with Crippen LogP contribution in [-0.2, 0) is 0 Å². The number of nitrogens with one attached hydrogen (secondary N) is 2. The van der Waals surface area contributed by atoms with Crippen LogP contribution in [0.25, 0.3) is 5.69 Å². The molecule has 1 fully saturated rings. The molecule has 8 nitrogen and oxygen atoms in total. The summed E-state index contributed by atoms with van der Waals surface area (Å²) in [6, 6.07) is 9.04. The largest absolute Gasteiger partial charge is 0.319 e. The predicted octanol–water partition coefficient (Wildman–Crippen LogP) is 4.26. The number of hydrogen-bond donors (Lipinski definition) is 2. The first-order chi connectivity index (χ1) is 15.3. The Morgan fingerprint density at radius 1 is 1.19 bits per heavy atom. The van der Waals surface area contributed by atoms with Crippen LogP contribution in [-0.4, -0.2) is 33.7 Å². The normalized spacial score (nSPS) is 14.3. The molecule has 1 aliphatic rings. The summed E-state index contributed by atoms with van der Waals surface area (Å²) in [7, 11) is 0. The monoisotopic (exact) mass is 437 g/mol. The van der Waals surface area contributed by atoms with E-state index < -0.39 is 16.6 Å². The molecule has 1 saturated heterocycles. The standard InChI is InChI=1S/C23H24FN5O3/c1-14-3-4-17(11-15(14)2)28-22(16-7-9-25-10-8-16)19(13-26-28)23(30)27-21-12-18(29(31)32)5-6-20(21)24/h3-6,11-13,16,25H,7-10H2,1-2H3,(H,27,30). The molecule has 32 heavy (non-hydrogen) atoms. The molecule has 1 aromatic heterocycles. The van der Waals surface area contributed by atoms with E-state index in [1.54, 1.807) is 4.68 Å². The Kier molecular flexibility index (Phi) is 6.00. The smallest absolute Gasteiger partial charge is 0.271 e. The Morgan fingerprint density at radius 3 is 2.62 bits per heavy atom. The van der Waals surface area contributed by atoms with Crippen molar-refractivity contribution in [1.29, 1.82) is 0 Å². The predicted molar refractivity (Wildman–Crippen MR) is 119 cm³/mol. The Balaban J connectivity index is 1.74. The van der Waals surface area contributed by atoms with Gasteiger partial charge in [-0.25, -0.2) is 9.07 Å². The first kappa shape index (κ1) is 21.6. The number of amides is 1. The molecule has 1 amide bonds.